The number of hydrogen-bond donors (Lipinski definition) is 1. The number of halogens is 1. The lowest BCUT2D eigenvalue weighted by Crippen LogP contribution is -2.45. The number of nitrogens with zero attached hydrogens (tertiary/aromatic N) is 1. The molecule has 1 aliphatic heterocycles. The lowest BCUT2D eigenvalue weighted by Gasteiger charge is -2.37. The van der Waals surface area contributed by atoms with E-state index in [2.05, 4.69) is 52.9 Å². The Kier molecular flexibility index (Phi) is 4.07. The third-order valence-electron chi connectivity index (χ3n) is 2.96. The predicted molar refractivity (Wildman–Crippen MR) is 74.3 cm³/mol. The van der Waals surface area contributed by atoms with Crippen molar-refractivity contribution in [2.75, 3.05) is 18.0 Å². The number of hydrogen-bond acceptors (Lipinski definition) is 3. The summed E-state index contributed by atoms with van der Waals surface area (Å²) in [5.74, 6) is 0. The van der Waals surface area contributed by atoms with Crippen LogP contribution in [0.15, 0.2) is 22.7 Å². The van der Waals surface area contributed by atoms with Gasteiger partial charge in [0, 0.05) is 29.8 Å². The summed E-state index contributed by atoms with van der Waals surface area (Å²) in [4.78, 5) is 2.36. The van der Waals surface area contributed by atoms with Crippen LogP contribution in [-0.2, 0) is 11.3 Å². The average molecular weight is 299 g/mol. The summed E-state index contributed by atoms with van der Waals surface area (Å²) < 4.78 is 6.83. The molecule has 0 aromatic heterocycles. The largest absolute Gasteiger partial charge is 0.372 e. The zero-order valence-corrected chi connectivity index (χ0v) is 11.9. The molecule has 94 valence electrons. The zero-order chi connectivity index (χ0) is 12.4. The number of nitrogens with two attached hydrogens (primary N) is 1. The summed E-state index contributed by atoms with van der Waals surface area (Å²) in [6, 6.07) is 6.37. The second-order valence-electron chi connectivity index (χ2n) is 4.68. The highest BCUT2D eigenvalue weighted by molar-refractivity contribution is 9.10. The van der Waals surface area contributed by atoms with Crippen LogP contribution in [0.4, 0.5) is 5.69 Å². The van der Waals surface area contributed by atoms with Crippen molar-refractivity contribution in [2.24, 2.45) is 5.73 Å². The van der Waals surface area contributed by atoms with E-state index in [1.165, 1.54) is 5.69 Å². The maximum atomic E-state index is 5.75. The second kappa shape index (κ2) is 5.38. The first kappa shape index (κ1) is 12.9. The molecule has 1 aromatic carbocycles. The van der Waals surface area contributed by atoms with Crippen molar-refractivity contribution >= 4 is 21.6 Å². The van der Waals surface area contributed by atoms with E-state index in [4.69, 9.17) is 10.5 Å². The van der Waals surface area contributed by atoms with Crippen molar-refractivity contribution in [3.63, 3.8) is 0 Å². The van der Waals surface area contributed by atoms with E-state index in [-0.39, 0.29) is 12.2 Å². The lowest BCUT2D eigenvalue weighted by molar-refractivity contribution is -0.00522. The molecular weight excluding hydrogens is 280 g/mol. The average Bonchev–Trinajstić information content (AvgIpc) is 2.26. The van der Waals surface area contributed by atoms with Crippen molar-refractivity contribution in [1.29, 1.82) is 0 Å². The van der Waals surface area contributed by atoms with E-state index in [0.29, 0.717) is 6.54 Å². The molecule has 1 aromatic rings. The summed E-state index contributed by atoms with van der Waals surface area (Å²) in [5.41, 5.74) is 8.09. The summed E-state index contributed by atoms with van der Waals surface area (Å²) in [6.07, 6.45) is 0.554. The van der Waals surface area contributed by atoms with Gasteiger partial charge in [-0.1, -0.05) is 15.9 Å². The van der Waals surface area contributed by atoms with Gasteiger partial charge in [-0.05, 0) is 37.6 Å². The minimum Gasteiger partial charge on any atom is -0.372 e. The molecular formula is C13H19BrN2O. The third kappa shape index (κ3) is 3.21. The van der Waals surface area contributed by atoms with E-state index in [1.807, 2.05) is 0 Å². The van der Waals surface area contributed by atoms with Gasteiger partial charge in [0.2, 0.25) is 0 Å². The number of rotatable bonds is 2. The molecule has 0 bridgehead atoms. The smallest absolute Gasteiger partial charge is 0.0726 e. The van der Waals surface area contributed by atoms with E-state index in [9.17, 15) is 0 Å². The van der Waals surface area contributed by atoms with Crippen LogP contribution in [0.2, 0.25) is 0 Å². The Labute approximate surface area is 111 Å². The molecule has 17 heavy (non-hydrogen) atoms. The highest BCUT2D eigenvalue weighted by Gasteiger charge is 2.22. The van der Waals surface area contributed by atoms with Gasteiger partial charge in [0.1, 0.15) is 0 Å². The second-order valence-corrected chi connectivity index (χ2v) is 5.60. The van der Waals surface area contributed by atoms with Gasteiger partial charge in [-0.25, -0.2) is 0 Å². The number of ether oxygens (including phenoxy) is 1. The Morgan fingerprint density at radius 3 is 2.53 bits per heavy atom. The van der Waals surface area contributed by atoms with Gasteiger partial charge in [0.15, 0.2) is 0 Å². The highest BCUT2D eigenvalue weighted by Crippen LogP contribution is 2.25. The van der Waals surface area contributed by atoms with Crippen molar-refractivity contribution < 1.29 is 4.74 Å². The summed E-state index contributed by atoms with van der Waals surface area (Å²) in [5, 5.41) is 0. The Bertz CT molecular complexity index is 387. The first-order chi connectivity index (χ1) is 8.08. The fourth-order valence-corrected chi connectivity index (χ4v) is 2.85. The van der Waals surface area contributed by atoms with Gasteiger partial charge >= 0.3 is 0 Å². The van der Waals surface area contributed by atoms with Crippen LogP contribution >= 0.6 is 15.9 Å². The van der Waals surface area contributed by atoms with Crippen LogP contribution < -0.4 is 10.6 Å². The molecule has 1 aliphatic rings. The molecule has 2 rings (SSSR count). The normalized spacial score (nSPS) is 25.1. The Morgan fingerprint density at radius 2 is 1.94 bits per heavy atom. The van der Waals surface area contributed by atoms with E-state index < -0.39 is 0 Å². The molecule has 2 unspecified atom stereocenters. The van der Waals surface area contributed by atoms with Gasteiger partial charge in [0.05, 0.1) is 12.2 Å². The monoisotopic (exact) mass is 298 g/mol. The van der Waals surface area contributed by atoms with Gasteiger partial charge < -0.3 is 15.4 Å². The van der Waals surface area contributed by atoms with E-state index in [1.54, 1.807) is 0 Å². The fourth-order valence-electron chi connectivity index (χ4n) is 2.32. The first-order valence-electron chi connectivity index (χ1n) is 5.98. The molecule has 1 fully saturated rings. The van der Waals surface area contributed by atoms with Crippen LogP contribution in [0.3, 0.4) is 0 Å². The van der Waals surface area contributed by atoms with Crippen molar-refractivity contribution in [3.8, 4) is 0 Å². The molecule has 2 atom stereocenters. The number of benzene rings is 1. The van der Waals surface area contributed by atoms with Crippen LogP contribution in [0.5, 0.6) is 0 Å². The maximum absolute atomic E-state index is 5.75. The molecule has 0 spiro atoms. The number of anilines is 1. The summed E-state index contributed by atoms with van der Waals surface area (Å²) in [6.45, 7) is 6.67. The summed E-state index contributed by atoms with van der Waals surface area (Å²) >= 11 is 3.54. The van der Waals surface area contributed by atoms with Gasteiger partial charge in [-0.15, -0.1) is 0 Å². The molecule has 3 nitrogen and oxygen atoms in total. The minimum absolute atomic E-state index is 0.277. The standard InChI is InChI=1S/C13H19BrN2O/c1-9-7-16(8-10(2)17-9)13-4-11(6-15)3-12(14)5-13/h3-5,9-10H,6-8,15H2,1-2H3. The molecule has 1 saturated heterocycles. The molecule has 4 heteroatoms. The molecule has 2 N–H and O–H groups in total. The van der Waals surface area contributed by atoms with E-state index >= 15 is 0 Å². The quantitative estimate of drug-likeness (QED) is 0.912. The molecule has 0 saturated carbocycles. The lowest BCUT2D eigenvalue weighted by atomic mass is 10.1. The molecule has 1 heterocycles. The first-order valence-corrected chi connectivity index (χ1v) is 6.77. The zero-order valence-electron chi connectivity index (χ0n) is 10.3. The van der Waals surface area contributed by atoms with Crippen molar-refractivity contribution in [2.45, 2.75) is 32.6 Å². The van der Waals surface area contributed by atoms with Gasteiger partial charge in [0.25, 0.3) is 0 Å². The maximum Gasteiger partial charge on any atom is 0.0726 e. The third-order valence-corrected chi connectivity index (χ3v) is 3.42. The van der Waals surface area contributed by atoms with Crippen LogP contribution in [-0.4, -0.2) is 25.3 Å². The Balaban J connectivity index is 2.23. The molecule has 0 radical (unpaired) electrons. The Hall–Kier alpha value is -0.580. The topological polar surface area (TPSA) is 38.5 Å². The van der Waals surface area contributed by atoms with E-state index in [0.717, 1.165) is 23.1 Å². The Morgan fingerprint density at radius 1 is 1.29 bits per heavy atom. The summed E-state index contributed by atoms with van der Waals surface area (Å²) in [7, 11) is 0. The van der Waals surface area contributed by atoms with Gasteiger partial charge in [-0.2, -0.15) is 0 Å². The molecule has 0 amide bonds. The van der Waals surface area contributed by atoms with Crippen molar-refractivity contribution in [1.82, 2.24) is 0 Å². The van der Waals surface area contributed by atoms with Crippen LogP contribution in [0, 0.1) is 0 Å². The highest BCUT2D eigenvalue weighted by atomic mass is 79.9. The van der Waals surface area contributed by atoms with Crippen LogP contribution in [0.1, 0.15) is 19.4 Å². The predicted octanol–water partition coefficient (Wildman–Crippen LogP) is 2.52. The number of morpholine rings is 1. The fraction of sp³-hybridized carbons (Fsp3) is 0.538. The van der Waals surface area contributed by atoms with Crippen LogP contribution in [0.25, 0.3) is 0 Å². The molecule has 0 aliphatic carbocycles. The minimum atomic E-state index is 0.277. The van der Waals surface area contributed by atoms with Crippen molar-refractivity contribution in [3.05, 3.63) is 28.2 Å². The van der Waals surface area contributed by atoms with Gasteiger partial charge in [-0.3, -0.25) is 0 Å². The SMILES string of the molecule is CC1CN(c2cc(Br)cc(CN)c2)CC(C)O1.